The average molecular weight is 478 g/mol. The quantitative estimate of drug-likeness (QED) is 0.460. The largest absolute Gasteiger partial charge is 0.348 e. The van der Waals surface area contributed by atoms with Crippen molar-refractivity contribution in [2.45, 2.75) is 12.3 Å². The Labute approximate surface area is 189 Å². The van der Waals surface area contributed by atoms with Gasteiger partial charge >= 0.3 is 0 Å². The number of hydrogen-bond acceptors (Lipinski definition) is 5. The molecule has 162 valence electrons. The number of carbonyl (C=O) groups excluding carboxylic acids is 2. The molecule has 3 aromatic rings. The summed E-state index contributed by atoms with van der Waals surface area (Å²) in [4.78, 5) is 25.5. The molecule has 3 N–H and O–H groups in total. The van der Waals surface area contributed by atoms with Gasteiger partial charge in [-0.1, -0.05) is 41.9 Å². The van der Waals surface area contributed by atoms with Crippen LogP contribution in [0.1, 0.15) is 31.2 Å². The van der Waals surface area contributed by atoms with E-state index >= 15 is 0 Å². The van der Waals surface area contributed by atoms with Gasteiger partial charge in [0.05, 0.1) is 21.3 Å². The van der Waals surface area contributed by atoms with E-state index in [0.717, 1.165) is 0 Å². The maximum Gasteiger partial charge on any atom is 0.265 e. The summed E-state index contributed by atoms with van der Waals surface area (Å²) in [6, 6.07) is 15.0. The van der Waals surface area contributed by atoms with Crippen LogP contribution in [0.2, 0.25) is 5.02 Å². The minimum Gasteiger partial charge on any atom is -0.348 e. The zero-order valence-electron chi connectivity index (χ0n) is 16.5. The first-order valence-electron chi connectivity index (χ1n) is 9.19. The Kier molecular flexibility index (Phi) is 7.45. The Bertz CT molecular complexity index is 1200. The van der Waals surface area contributed by atoms with E-state index in [-0.39, 0.29) is 24.1 Å². The van der Waals surface area contributed by atoms with Gasteiger partial charge in [0.15, 0.2) is 0 Å². The predicted molar refractivity (Wildman–Crippen MR) is 123 cm³/mol. The van der Waals surface area contributed by atoms with Crippen LogP contribution in [0.3, 0.4) is 0 Å². The van der Waals surface area contributed by atoms with E-state index in [2.05, 4.69) is 15.4 Å². The second-order valence-electron chi connectivity index (χ2n) is 6.54. The van der Waals surface area contributed by atoms with E-state index in [1.807, 2.05) is 0 Å². The Morgan fingerprint density at radius 3 is 2.42 bits per heavy atom. The first kappa shape index (κ1) is 23.0. The molecule has 2 amide bonds. The summed E-state index contributed by atoms with van der Waals surface area (Å²) in [6.45, 7) is 0.147. The Morgan fingerprint density at radius 1 is 1.00 bits per heavy atom. The molecule has 10 heteroatoms. The molecule has 2 aromatic carbocycles. The molecule has 31 heavy (non-hydrogen) atoms. The first-order valence-corrected chi connectivity index (χ1v) is 12.1. The molecule has 3 rings (SSSR count). The van der Waals surface area contributed by atoms with E-state index in [9.17, 15) is 18.0 Å². The van der Waals surface area contributed by atoms with Crippen molar-refractivity contribution in [2.75, 3.05) is 12.4 Å². The van der Waals surface area contributed by atoms with Crippen molar-refractivity contribution < 1.29 is 18.0 Å². The second-order valence-corrected chi connectivity index (χ2v) is 9.82. The van der Waals surface area contributed by atoms with E-state index < -0.39 is 10.0 Å². The van der Waals surface area contributed by atoms with Crippen molar-refractivity contribution in [3.8, 4) is 0 Å². The highest BCUT2D eigenvalue weighted by molar-refractivity contribution is 7.88. The number of sulfonamides is 1. The van der Waals surface area contributed by atoms with E-state index in [1.165, 1.54) is 30.5 Å². The number of benzene rings is 2. The molecule has 0 bridgehead atoms. The van der Waals surface area contributed by atoms with Crippen molar-refractivity contribution >= 4 is 50.5 Å². The van der Waals surface area contributed by atoms with Crippen molar-refractivity contribution in [3.05, 3.63) is 86.6 Å². The minimum absolute atomic E-state index is 0.147. The lowest BCUT2D eigenvalue weighted by Gasteiger charge is -2.12. The van der Waals surface area contributed by atoms with Crippen LogP contribution < -0.4 is 15.4 Å². The Balaban J connectivity index is 1.71. The molecule has 1 heterocycles. The van der Waals surface area contributed by atoms with Crippen LogP contribution in [0.25, 0.3) is 0 Å². The number of thiophene rings is 1. The SMILES string of the molecule is CNS(=O)(=O)Cc1ccccc1CNC(=O)c1ccc(Cl)c(NC(=O)c2cccs2)c1. The third-order valence-electron chi connectivity index (χ3n) is 4.44. The van der Waals surface area contributed by atoms with Crippen LogP contribution in [0.5, 0.6) is 0 Å². The smallest absolute Gasteiger partial charge is 0.265 e. The van der Waals surface area contributed by atoms with Gasteiger partial charge < -0.3 is 10.6 Å². The fourth-order valence-corrected chi connectivity index (χ4v) is 4.40. The van der Waals surface area contributed by atoms with Gasteiger partial charge in [0.2, 0.25) is 10.0 Å². The highest BCUT2D eigenvalue weighted by Crippen LogP contribution is 2.24. The highest BCUT2D eigenvalue weighted by atomic mass is 35.5. The summed E-state index contributed by atoms with van der Waals surface area (Å²) in [5.41, 5.74) is 1.92. The Hall–Kier alpha value is -2.72. The van der Waals surface area contributed by atoms with Gasteiger partial charge in [-0.05, 0) is 47.8 Å². The normalized spacial score (nSPS) is 11.2. The number of carbonyl (C=O) groups is 2. The van der Waals surface area contributed by atoms with E-state index in [1.54, 1.807) is 47.8 Å². The van der Waals surface area contributed by atoms with Crippen molar-refractivity contribution in [3.63, 3.8) is 0 Å². The van der Waals surface area contributed by atoms with Crippen LogP contribution in [0.15, 0.2) is 60.0 Å². The number of nitrogens with one attached hydrogen (secondary N) is 3. The zero-order chi connectivity index (χ0) is 22.4. The highest BCUT2D eigenvalue weighted by Gasteiger charge is 2.15. The molecule has 0 atom stereocenters. The van der Waals surface area contributed by atoms with Crippen molar-refractivity contribution in [1.82, 2.24) is 10.0 Å². The summed E-state index contributed by atoms with van der Waals surface area (Å²) in [5.74, 6) is -0.876. The Morgan fingerprint density at radius 2 is 1.74 bits per heavy atom. The molecule has 0 spiro atoms. The number of amides is 2. The summed E-state index contributed by atoms with van der Waals surface area (Å²) in [5, 5.41) is 7.59. The number of rotatable bonds is 8. The maximum absolute atomic E-state index is 12.7. The van der Waals surface area contributed by atoms with Crippen LogP contribution in [0.4, 0.5) is 5.69 Å². The molecule has 7 nitrogen and oxygen atoms in total. The molecule has 0 saturated heterocycles. The van der Waals surface area contributed by atoms with Gasteiger partial charge in [0.1, 0.15) is 0 Å². The molecule has 0 fully saturated rings. The monoisotopic (exact) mass is 477 g/mol. The fourth-order valence-electron chi connectivity index (χ4n) is 2.78. The van der Waals surface area contributed by atoms with Crippen molar-refractivity contribution in [2.24, 2.45) is 0 Å². The molecule has 0 saturated carbocycles. The summed E-state index contributed by atoms with van der Waals surface area (Å²) < 4.78 is 26.0. The van der Waals surface area contributed by atoms with Crippen LogP contribution in [0, 0.1) is 0 Å². The molecular formula is C21H20ClN3O4S2. The van der Waals surface area contributed by atoms with Gasteiger partial charge in [-0.15, -0.1) is 11.3 Å². The topological polar surface area (TPSA) is 104 Å². The third kappa shape index (κ3) is 6.14. The van der Waals surface area contributed by atoms with Crippen LogP contribution >= 0.6 is 22.9 Å². The molecule has 0 aliphatic heterocycles. The first-order chi connectivity index (χ1) is 14.8. The number of hydrogen-bond donors (Lipinski definition) is 3. The van der Waals surface area contributed by atoms with Gasteiger partial charge in [0.25, 0.3) is 11.8 Å². The lowest BCUT2D eigenvalue weighted by atomic mass is 10.1. The van der Waals surface area contributed by atoms with Gasteiger partial charge in [-0.25, -0.2) is 13.1 Å². The molecule has 0 aliphatic rings. The predicted octanol–water partition coefficient (Wildman–Crippen LogP) is 3.63. The van der Waals surface area contributed by atoms with Crippen LogP contribution in [-0.4, -0.2) is 27.3 Å². The second kappa shape index (κ2) is 10.1. The number of halogens is 1. The van der Waals surface area contributed by atoms with Crippen LogP contribution in [-0.2, 0) is 22.3 Å². The average Bonchev–Trinajstić information content (AvgIpc) is 3.29. The maximum atomic E-state index is 12.7. The fraction of sp³-hybridized carbons (Fsp3) is 0.143. The third-order valence-corrected chi connectivity index (χ3v) is 6.95. The minimum atomic E-state index is -3.44. The van der Waals surface area contributed by atoms with E-state index in [0.29, 0.717) is 32.3 Å². The lowest BCUT2D eigenvalue weighted by Crippen LogP contribution is -2.25. The van der Waals surface area contributed by atoms with E-state index in [4.69, 9.17) is 11.6 Å². The van der Waals surface area contributed by atoms with Gasteiger partial charge in [0, 0.05) is 12.1 Å². The molecule has 0 unspecified atom stereocenters. The van der Waals surface area contributed by atoms with Gasteiger partial charge in [-0.2, -0.15) is 0 Å². The molecule has 1 aromatic heterocycles. The summed E-state index contributed by atoms with van der Waals surface area (Å²) >= 11 is 7.47. The summed E-state index contributed by atoms with van der Waals surface area (Å²) in [7, 11) is -2.09. The van der Waals surface area contributed by atoms with Crippen molar-refractivity contribution in [1.29, 1.82) is 0 Å². The molecule has 0 aliphatic carbocycles. The lowest BCUT2D eigenvalue weighted by molar-refractivity contribution is 0.0949. The molecular weight excluding hydrogens is 458 g/mol. The zero-order valence-corrected chi connectivity index (χ0v) is 18.9. The van der Waals surface area contributed by atoms with Gasteiger partial charge in [-0.3, -0.25) is 9.59 Å². The standard InChI is InChI=1S/C21H20ClN3O4S2/c1-23-31(28,29)13-16-6-3-2-5-15(16)12-24-20(26)14-8-9-17(22)18(11-14)25-21(27)19-7-4-10-30-19/h2-11,23H,12-13H2,1H3,(H,24,26)(H,25,27). The molecule has 0 radical (unpaired) electrons. The number of anilines is 1. The summed E-state index contributed by atoms with van der Waals surface area (Å²) in [6.07, 6.45) is 0.